The number of nitrogens with zero attached hydrogens (tertiary/aromatic N) is 1. The van der Waals surface area contributed by atoms with Crippen LogP contribution in [0.5, 0.6) is 0 Å². The number of rotatable bonds is 5. The second-order valence-electron chi connectivity index (χ2n) is 4.87. The molecule has 0 aliphatic carbocycles. The predicted octanol–water partition coefficient (Wildman–Crippen LogP) is 2.85. The van der Waals surface area contributed by atoms with E-state index < -0.39 is 5.97 Å². The van der Waals surface area contributed by atoms with Crippen LogP contribution in [0.3, 0.4) is 0 Å². The first-order chi connectivity index (χ1) is 7.90. The van der Waals surface area contributed by atoms with Gasteiger partial charge >= 0.3 is 5.97 Å². The summed E-state index contributed by atoms with van der Waals surface area (Å²) in [7, 11) is 2.01. The van der Waals surface area contributed by atoms with Gasteiger partial charge in [-0.25, -0.2) is 0 Å². The summed E-state index contributed by atoms with van der Waals surface area (Å²) in [4.78, 5) is 12.7. The number of carbonyl (C=O) groups is 1. The third kappa shape index (κ3) is 4.10. The van der Waals surface area contributed by atoms with Gasteiger partial charge in [0.05, 0.1) is 0 Å². The standard InChI is InChI=1S/C14H21NO2/c1-10-5-6-13(12(3)7-10)15(4)9-11(2)8-14(16)17/h5-7,11H,8-9H2,1-4H3,(H,16,17). The van der Waals surface area contributed by atoms with Crippen LogP contribution >= 0.6 is 0 Å². The van der Waals surface area contributed by atoms with Crippen molar-refractivity contribution in [2.24, 2.45) is 5.92 Å². The van der Waals surface area contributed by atoms with Crippen molar-refractivity contribution in [2.45, 2.75) is 27.2 Å². The molecule has 0 amide bonds. The Balaban J connectivity index is 2.69. The fourth-order valence-corrected chi connectivity index (χ4v) is 2.16. The molecule has 0 bridgehead atoms. The number of hydrogen-bond acceptors (Lipinski definition) is 2. The van der Waals surface area contributed by atoms with E-state index >= 15 is 0 Å². The molecule has 3 heteroatoms. The summed E-state index contributed by atoms with van der Waals surface area (Å²) in [5.41, 5.74) is 3.65. The molecule has 1 atom stereocenters. The van der Waals surface area contributed by atoms with E-state index in [9.17, 15) is 4.79 Å². The molecule has 0 radical (unpaired) electrons. The van der Waals surface area contributed by atoms with Crippen molar-refractivity contribution in [3.8, 4) is 0 Å². The van der Waals surface area contributed by atoms with Gasteiger partial charge in [-0.15, -0.1) is 0 Å². The van der Waals surface area contributed by atoms with Gasteiger partial charge in [0, 0.05) is 25.7 Å². The Morgan fingerprint density at radius 3 is 2.59 bits per heavy atom. The first-order valence-electron chi connectivity index (χ1n) is 5.90. The van der Waals surface area contributed by atoms with Gasteiger partial charge < -0.3 is 10.0 Å². The molecule has 1 aromatic rings. The van der Waals surface area contributed by atoms with Crippen molar-refractivity contribution in [2.75, 3.05) is 18.5 Å². The Morgan fingerprint density at radius 1 is 1.41 bits per heavy atom. The summed E-state index contributed by atoms with van der Waals surface area (Å²) in [5.74, 6) is -0.579. The Labute approximate surface area is 103 Å². The zero-order valence-electron chi connectivity index (χ0n) is 11.0. The van der Waals surface area contributed by atoms with Crippen molar-refractivity contribution < 1.29 is 9.90 Å². The van der Waals surface area contributed by atoms with E-state index in [0.29, 0.717) is 0 Å². The highest BCUT2D eigenvalue weighted by Crippen LogP contribution is 2.21. The molecule has 1 aromatic carbocycles. The minimum Gasteiger partial charge on any atom is -0.481 e. The minimum absolute atomic E-state index is 0.151. The van der Waals surface area contributed by atoms with Crippen LogP contribution < -0.4 is 4.90 Å². The van der Waals surface area contributed by atoms with Crippen molar-refractivity contribution >= 4 is 11.7 Å². The topological polar surface area (TPSA) is 40.5 Å². The Bertz CT molecular complexity index is 401. The fraction of sp³-hybridized carbons (Fsp3) is 0.500. The lowest BCUT2D eigenvalue weighted by Crippen LogP contribution is -2.26. The third-order valence-electron chi connectivity index (χ3n) is 2.87. The molecule has 0 aliphatic rings. The van der Waals surface area contributed by atoms with Crippen LogP contribution in [-0.2, 0) is 4.79 Å². The van der Waals surface area contributed by atoms with E-state index in [-0.39, 0.29) is 12.3 Å². The van der Waals surface area contributed by atoms with Crippen LogP contribution in [-0.4, -0.2) is 24.7 Å². The second-order valence-corrected chi connectivity index (χ2v) is 4.87. The molecule has 1 unspecified atom stereocenters. The van der Waals surface area contributed by atoms with E-state index in [4.69, 9.17) is 5.11 Å². The monoisotopic (exact) mass is 235 g/mol. The van der Waals surface area contributed by atoms with Gasteiger partial charge in [0.15, 0.2) is 0 Å². The average molecular weight is 235 g/mol. The fourth-order valence-electron chi connectivity index (χ4n) is 2.16. The summed E-state index contributed by atoms with van der Waals surface area (Å²) in [5, 5.41) is 8.74. The van der Waals surface area contributed by atoms with Crippen molar-refractivity contribution in [3.63, 3.8) is 0 Å². The first kappa shape index (κ1) is 13.6. The van der Waals surface area contributed by atoms with Crippen LogP contribution in [0, 0.1) is 19.8 Å². The molecule has 1 N–H and O–H groups in total. The maximum atomic E-state index is 10.6. The van der Waals surface area contributed by atoms with E-state index in [1.54, 1.807) is 0 Å². The zero-order valence-corrected chi connectivity index (χ0v) is 11.0. The van der Waals surface area contributed by atoms with Crippen molar-refractivity contribution in [1.82, 2.24) is 0 Å². The predicted molar refractivity (Wildman–Crippen MR) is 70.6 cm³/mol. The molecule has 94 valence electrons. The average Bonchev–Trinajstić information content (AvgIpc) is 2.15. The molecule has 0 fully saturated rings. The van der Waals surface area contributed by atoms with Crippen molar-refractivity contribution in [1.29, 1.82) is 0 Å². The largest absolute Gasteiger partial charge is 0.481 e. The molecular formula is C14H21NO2. The van der Waals surface area contributed by atoms with Gasteiger partial charge in [0.1, 0.15) is 0 Å². The number of aryl methyl sites for hydroxylation is 2. The number of benzene rings is 1. The lowest BCUT2D eigenvalue weighted by Gasteiger charge is -2.24. The molecule has 3 nitrogen and oxygen atoms in total. The Hall–Kier alpha value is -1.51. The lowest BCUT2D eigenvalue weighted by molar-refractivity contribution is -0.137. The van der Waals surface area contributed by atoms with Gasteiger partial charge in [-0.2, -0.15) is 0 Å². The van der Waals surface area contributed by atoms with E-state index in [1.165, 1.54) is 16.8 Å². The first-order valence-corrected chi connectivity index (χ1v) is 5.90. The van der Waals surface area contributed by atoms with Gasteiger partial charge in [0.2, 0.25) is 0 Å². The maximum Gasteiger partial charge on any atom is 0.303 e. The van der Waals surface area contributed by atoms with Gasteiger partial charge in [-0.1, -0.05) is 24.6 Å². The molecule has 0 saturated heterocycles. The quantitative estimate of drug-likeness (QED) is 0.853. The molecule has 0 aromatic heterocycles. The minimum atomic E-state index is -0.730. The molecule has 17 heavy (non-hydrogen) atoms. The van der Waals surface area contributed by atoms with E-state index in [0.717, 1.165) is 6.54 Å². The normalized spacial score (nSPS) is 12.2. The van der Waals surface area contributed by atoms with E-state index in [1.807, 2.05) is 14.0 Å². The SMILES string of the molecule is Cc1ccc(N(C)CC(C)CC(=O)O)c(C)c1. The number of aliphatic carboxylic acids is 1. The molecular weight excluding hydrogens is 214 g/mol. The molecule has 1 rings (SSSR count). The summed E-state index contributed by atoms with van der Waals surface area (Å²) in [6.07, 6.45) is 0.218. The van der Waals surface area contributed by atoms with Crippen LogP contribution in [0.25, 0.3) is 0 Å². The highest BCUT2D eigenvalue weighted by molar-refractivity contribution is 5.67. The summed E-state index contributed by atoms with van der Waals surface area (Å²) in [6, 6.07) is 6.33. The van der Waals surface area contributed by atoms with Crippen molar-refractivity contribution in [3.05, 3.63) is 29.3 Å². The van der Waals surface area contributed by atoms with Crippen LogP contribution in [0.1, 0.15) is 24.5 Å². The third-order valence-corrected chi connectivity index (χ3v) is 2.87. The summed E-state index contributed by atoms with van der Waals surface area (Å²) < 4.78 is 0. The smallest absolute Gasteiger partial charge is 0.303 e. The molecule has 0 aliphatic heterocycles. The summed E-state index contributed by atoms with van der Waals surface area (Å²) >= 11 is 0. The van der Waals surface area contributed by atoms with Crippen LogP contribution in [0.4, 0.5) is 5.69 Å². The van der Waals surface area contributed by atoms with Crippen LogP contribution in [0.2, 0.25) is 0 Å². The Morgan fingerprint density at radius 2 is 2.06 bits per heavy atom. The van der Waals surface area contributed by atoms with Gasteiger partial charge in [-0.3, -0.25) is 4.79 Å². The highest BCUT2D eigenvalue weighted by atomic mass is 16.4. The number of anilines is 1. The zero-order chi connectivity index (χ0) is 13.0. The summed E-state index contributed by atoms with van der Waals surface area (Å²) in [6.45, 7) is 6.88. The highest BCUT2D eigenvalue weighted by Gasteiger charge is 2.12. The maximum absolute atomic E-state index is 10.6. The van der Waals surface area contributed by atoms with E-state index in [2.05, 4.69) is 36.9 Å². The molecule has 0 spiro atoms. The van der Waals surface area contributed by atoms with Crippen LogP contribution in [0.15, 0.2) is 18.2 Å². The Kier molecular flexibility index (Phi) is 4.55. The lowest BCUT2D eigenvalue weighted by atomic mass is 10.1. The second kappa shape index (κ2) is 5.71. The molecule has 0 saturated carbocycles. The number of carboxylic acid groups (broad SMARTS) is 1. The molecule has 0 heterocycles. The van der Waals surface area contributed by atoms with Gasteiger partial charge in [0.25, 0.3) is 0 Å². The van der Waals surface area contributed by atoms with Gasteiger partial charge in [-0.05, 0) is 31.4 Å². The number of carboxylic acids is 1. The number of hydrogen-bond donors (Lipinski definition) is 1.